The van der Waals surface area contributed by atoms with E-state index in [-0.39, 0.29) is 6.54 Å². The Morgan fingerprint density at radius 2 is 2.16 bits per heavy atom. The van der Waals surface area contributed by atoms with E-state index in [0.29, 0.717) is 5.56 Å². The molecule has 1 heterocycles. The maximum atomic E-state index is 11.9. The highest BCUT2D eigenvalue weighted by Gasteiger charge is 2.31. The number of hydrogen-bond acceptors (Lipinski definition) is 5. The van der Waals surface area contributed by atoms with Gasteiger partial charge in [0.2, 0.25) is 5.91 Å². The molecule has 0 radical (unpaired) electrons. The lowest BCUT2D eigenvalue weighted by molar-refractivity contribution is -0.122. The molecule has 8 heteroatoms. The van der Waals surface area contributed by atoms with Crippen LogP contribution in [-0.4, -0.2) is 41.7 Å². The van der Waals surface area contributed by atoms with Gasteiger partial charge in [0.05, 0.1) is 10.9 Å². The van der Waals surface area contributed by atoms with E-state index in [1.54, 1.807) is 31.8 Å². The summed E-state index contributed by atoms with van der Waals surface area (Å²) in [5, 5.41) is 6.49. The highest BCUT2D eigenvalue weighted by molar-refractivity contribution is 7.92. The zero-order chi connectivity index (χ0) is 14.8. The average molecular weight is 288 g/mol. The number of nitrogens with two attached hydrogens (primary N) is 1. The minimum absolute atomic E-state index is 0.0125. The number of carbonyl (C=O) groups is 1. The Kier molecular flexibility index (Phi) is 4.36. The molecule has 7 nitrogen and oxygen atoms in total. The van der Waals surface area contributed by atoms with E-state index in [4.69, 9.17) is 5.73 Å². The third kappa shape index (κ3) is 3.77. The van der Waals surface area contributed by atoms with Crippen molar-refractivity contribution < 1.29 is 13.2 Å². The number of aromatic nitrogens is 2. The van der Waals surface area contributed by atoms with E-state index in [1.165, 1.54) is 6.20 Å². The fourth-order valence-electron chi connectivity index (χ4n) is 1.29. The largest absolute Gasteiger partial charge is 0.353 e. The Morgan fingerprint density at radius 3 is 2.58 bits per heavy atom. The van der Waals surface area contributed by atoms with Gasteiger partial charge in [0.1, 0.15) is 6.04 Å². The fraction of sp³-hybridized carbons (Fsp3) is 0.636. The van der Waals surface area contributed by atoms with Crippen LogP contribution in [0.25, 0.3) is 0 Å². The van der Waals surface area contributed by atoms with Crippen LogP contribution in [0.5, 0.6) is 0 Å². The van der Waals surface area contributed by atoms with Crippen molar-refractivity contribution in [2.45, 2.75) is 24.6 Å². The zero-order valence-electron chi connectivity index (χ0n) is 11.5. The number of nitrogens with one attached hydrogen (secondary N) is 1. The van der Waals surface area contributed by atoms with Crippen molar-refractivity contribution in [3.8, 4) is 0 Å². The topological polar surface area (TPSA) is 107 Å². The van der Waals surface area contributed by atoms with Crippen LogP contribution in [0.1, 0.15) is 25.5 Å². The van der Waals surface area contributed by atoms with Crippen LogP contribution in [0.4, 0.5) is 0 Å². The van der Waals surface area contributed by atoms with Crippen molar-refractivity contribution in [3.05, 3.63) is 18.0 Å². The van der Waals surface area contributed by atoms with E-state index in [0.717, 1.165) is 6.26 Å². The summed E-state index contributed by atoms with van der Waals surface area (Å²) in [6.45, 7) is 3.12. The van der Waals surface area contributed by atoms with Crippen LogP contribution in [0, 0.1) is 0 Å². The van der Waals surface area contributed by atoms with Crippen LogP contribution >= 0.6 is 0 Å². The Labute approximate surface area is 113 Å². The van der Waals surface area contributed by atoms with Crippen molar-refractivity contribution >= 4 is 15.7 Å². The standard InChI is InChI=1S/C11H20N4O3S/c1-11(2,19(4,17)18)7-13-10(16)9(12)8-5-14-15(3)6-8/h5-6,9H,7,12H2,1-4H3,(H,13,16). The predicted octanol–water partition coefficient (Wildman–Crippen LogP) is -0.641. The van der Waals surface area contributed by atoms with Crippen LogP contribution < -0.4 is 11.1 Å². The van der Waals surface area contributed by atoms with Crippen molar-refractivity contribution in [3.63, 3.8) is 0 Å². The first-order valence-electron chi connectivity index (χ1n) is 5.76. The summed E-state index contributed by atoms with van der Waals surface area (Å²) in [5.41, 5.74) is 6.36. The molecular weight excluding hydrogens is 268 g/mol. The molecule has 0 saturated heterocycles. The summed E-state index contributed by atoms with van der Waals surface area (Å²) in [6.07, 6.45) is 4.29. The molecule has 0 aliphatic carbocycles. The summed E-state index contributed by atoms with van der Waals surface area (Å²) in [4.78, 5) is 11.9. The number of aryl methyl sites for hydroxylation is 1. The van der Waals surface area contributed by atoms with Gasteiger partial charge in [0.25, 0.3) is 0 Å². The van der Waals surface area contributed by atoms with E-state index in [9.17, 15) is 13.2 Å². The SMILES string of the molecule is Cn1cc(C(N)C(=O)NCC(C)(C)S(C)(=O)=O)cn1. The fourth-order valence-corrected chi connectivity index (χ4v) is 1.63. The second kappa shape index (κ2) is 5.30. The van der Waals surface area contributed by atoms with Gasteiger partial charge in [-0.25, -0.2) is 8.42 Å². The summed E-state index contributed by atoms with van der Waals surface area (Å²) in [7, 11) is -1.53. The number of carbonyl (C=O) groups excluding carboxylic acids is 1. The maximum Gasteiger partial charge on any atom is 0.241 e. The van der Waals surface area contributed by atoms with Gasteiger partial charge in [0, 0.05) is 31.6 Å². The molecule has 0 spiro atoms. The molecule has 0 saturated carbocycles. The molecule has 1 atom stereocenters. The maximum absolute atomic E-state index is 11.9. The van der Waals surface area contributed by atoms with Gasteiger partial charge in [-0.15, -0.1) is 0 Å². The Balaban J connectivity index is 2.67. The highest BCUT2D eigenvalue weighted by Crippen LogP contribution is 2.14. The van der Waals surface area contributed by atoms with E-state index in [2.05, 4.69) is 10.4 Å². The Hall–Kier alpha value is -1.41. The van der Waals surface area contributed by atoms with Crippen LogP contribution in [0.2, 0.25) is 0 Å². The number of hydrogen-bond donors (Lipinski definition) is 2. The molecule has 1 rings (SSSR count). The second-order valence-corrected chi connectivity index (χ2v) is 7.82. The lowest BCUT2D eigenvalue weighted by Gasteiger charge is -2.23. The molecule has 1 aromatic heterocycles. The molecule has 0 aliphatic heterocycles. The smallest absolute Gasteiger partial charge is 0.241 e. The normalized spacial score (nSPS) is 14.2. The first-order valence-corrected chi connectivity index (χ1v) is 7.65. The van der Waals surface area contributed by atoms with Crippen molar-refractivity contribution in [1.29, 1.82) is 0 Å². The Bertz CT molecular complexity index is 562. The molecule has 1 unspecified atom stereocenters. The van der Waals surface area contributed by atoms with Crippen LogP contribution in [0.3, 0.4) is 0 Å². The van der Waals surface area contributed by atoms with E-state index < -0.39 is 26.5 Å². The molecule has 0 bridgehead atoms. The molecule has 1 aromatic rings. The average Bonchev–Trinajstić information content (AvgIpc) is 2.70. The van der Waals surface area contributed by atoms with Gasteiger partial charge >= 0.3 is 0 Å². The minimum Gasteiger partial charge on any atom is -0.353 e. The quantitative estimate of drug-likeness (QED) is 0.749. The monoisotopic (exact) mass is 288 g/mol. The van der Waals surface area contributed by atoms with E-state index in [1.807, 2.05) is 0 Å². The van der Waals surface area contributed by atoms with Gasteiger partial charge < -0.3 is 11.1 Å². The van der Waals surface area contributed by atoms with Gasteiger partial charge in [0.15, 0.2) is 9.84 Å². The third-order valence-corrected chi connectivity index (χ3v) is 5.21. The summed E-state index contributed by atoms with van der Waals surface area (Å²) < 4.78 is 23.5. The molecule has 3 N–H and O–H groups in total. The third-order valence-electron chi connectivity index (χ3n) is 3.06. The number of amides is 1. The molecule has 108 valence electrons. The van der Waals surface area contributed by atoms with Crippen molar-refractivity contribution in [1.82, 2.24) is 15.1 Å². The molecule has 19 heavy (non-hydrogen) atoms. The van der Waals surface area contributed by atoms with Crippen molar-refractivity contribution in [2.24, 2.45) is 12.8 Å². The molecule has 0 aliphatic rings. The summed E-state index contributed by atoms with van der Waals surface area (Å²) in [5.74, 6) is -0.426. The molecule has 1 amide bonds. The predicted molar refractivity (Wildman–Crippen MR) is 72.1 cm³/mol. The molecular formula is C11H20N4O3S. The highest BCUT2D eigenvalue weighted by atomic mass is 32.2. The van der Waals surface area contributed by atoms with Crippen molar-refractivity contribution in [2.75, 3.05) is 12.8 Å². The summed E-state index contributed by atoms with van der Waals surface area (Å²) in [6, 6.07) is -0.857. The van der Waals surface area contributed by atoms with E-state index >= 15 is 0 Å². The lowest BCUT2D eigenvalue weighted by Crippen LogP contribution is -2.46. The van der Waals surface area contributed by atoms with Crippen LogP contribution in [-0.2, 0) is 21.7 Å². The zero-order valence-corrected chi connectivity index (χ0v) is 12.4. The molecule has 0 aromatic carbocycles. The Morgan fingerprint density at radius 1 is 1.58 bits per heavy atom. The summed E-state index contributed by atoms with van der Waals surface area (Å²) >= 11 is 0. The number of nitrogens with zero attached hydrogens (tertiary/aromatic N) is 2. The first kappa shape index (κ1) is 15.6. The molecule has 0 fully saturated rings. The first-order chi connectivity index (χ1) is 8.54. The minimum atomic E-state index is -3.26. The second-order valence-electron chi connectivity index (χ2n) is 5.17. The number of sulfone groups is 1. The lowest BCUT2D eigenvalue weighted by atomic mass is 10.1. The van der Waals surface area contributed by atoms with Gasteiger partial charge in [-0.3, -0.25) is 9.48 Å². The van der Waals surface area contributed by atoms with Crippen LogP contribution in [0.15, 0.2) is 12.4 Å². The van der Waals surface area contributed by atoms with Gasteiger partial charge in [-0.1, -0.05) is 0 Å². The number of rotatable bonds is 5. The van der Waals surface area contributed by atoms with Gasteiger partial charge in [-0.2, -0.15) is 5.10 Å². The van der Waals surface area contributed by atoms with Gasteiger partial charge in [-0.05, 0) is 13.8 Å².